The van der Waals surface area contributed by atoms with E-state index in [1.165, 1.54) is 6.26 Å². The van der Waals surface area contributed by atoms with Crippen molar-refractivity contribution in [1.29, 1.82) is 0 Å². The van der Waals surface area contributed by atoms with E-state index in [1.807, 2.05) is 0 Å². The van der Waals surface area contributed by atoms with Crippen molar-refractivity contribution >= 4 is 5.97 Å². The molecule has 158 valence electrons. The lowest BCUT2D eigenvalue weighted by Gasteiger charge is -2.44. The van der Waals surface area contributed by atoms with E-state index in [2.05, 4.69) is 6.58 Å². The summed E-state index contributed by atoms with van der Waals surface area (Å²) in [5.74, 6) is -1.39. The van der Waals surface area contributed by atoms with Gasteiger partial charge in [-0.15, -0.1) is 6.58 Å². The molecule has 10 nitrogen and oxygen atoms in total. The van der Waals surface area contributed by atoms with Gasteiger partial charge in [0.05, 0.1) is 18.4 Å². The minimum Gasteiger partial charge on any atom is -0.471 e. The highest BCUT2D eigenvalue weighted by Crippen LogP contribution is 2.40. The number of carbonyl (C=O) groups excluding carboxylic acids is 1. The zero-order valence-corrected chi connectivity index (χ0v) is 15.4. The first kappa shape index (κ1) is 21.2. The Hall–Kier alpha value is -1.53. The van der Waals surface area contributed by atoms with E-state index >= 15 is 0 Å². The fraction of sp³-hybridized carbons (Fsp3) is 0.722. The Morgan fingerprint density at radius 2 is 2.00 bits per heavy atom. The number of fused-ring (bicyclic) bond motifs is 1. The van der Waals surface area contributed by atoms with E-state index in [-0.39, 0.29) is 5.92 Å². The van der Waals surface area contributed by atoms with Crippen molar-refractivity contribution in [2.45, 2.75) is 56.6 Å². The highest BCUT2D eigenvalue weighted by atomic mass is 16.8. The molecule has 0 unspecified atom stereocenters. The van der Waals surface area contributed by atoms with Gasteiger partial charge in [-0.25, -0.2) is 4.79 Å². The summed E-state index contributed by atoms with van der Waals surface area (Å²) >= 11 is 0. The van der Waals surface area contributed by atoms with Crippen LogP contribution in [0.25, 0.3) is 0 Å². The molecule has 2 saturated heterocycles. The number of aliphatic hydroxyl groups excluding tert-OH is 4. The molecule has 0 saturated carbocycles. The van der Waals surface area contributed by atoms with Crippen molar-refractivity contribution in [1.82, 2.24) is 0 Å². The summed E-state index contributed by atoms with van der Waals surface area (Å²) in [6.07, 6.45) is -5.60. The lowest BCUT2D eigenvalue weighted by Crippen LogP contribution is -2.60. The molecule has 0 spiro atoms. The largest absolute Gasteiger partial charge is 0.471 e. The van der Waals surface area contributed by atoms with Gasteiger partial charge in [-0.3, -0.25) is 0 Å². The van der Waals surface area contributed by atoms with Crippen LogP contribution in [0, 0.1) is 11.8 Å². The van der Waals surface area contributed by atoms with E-state index in [1.54, 1.807) is 13.0 Å². The van der Waals surface area contributed by atoms with Crippen LogP contribution in [0.2, 0.25) is 0 Å². The number of hydrogen-bond acceptors (Lipinski definition) is 10. The monoisotopic (exact) mass is 402 g/mol. The second kappa shape index (κ2) is 8.87. The van der Waals surface area contributed by atoms with Gasteiger partial charge in [0.15, 0.2) is 6.29 Å². The molecule has 3 aliphatic heterocycles. The highest BCUT2D eigenvalue weighted by Gasteiger charge is 2.49. The summed E-state index contributed by atoms with van der Waals surface area (Å²) in [5.41, 5.74) is 0.328. The SMILES string of the molecule is C=C[C@H]1[C@H](O[C@@H]2O[C@H](CO)[C@@H](O)[C@H](O)[C@H]2O)OC=C2C(=O)O[C@H](OCC)C[C@H]21. The number of ether oxygens (including phenoxy) is 5. The second-order valence-corrected chi connectivity index (χ2v) is 6.86. The molecule has 3 aliphatic rings. The van der Waals surface area contributed by atoms with Crippen LogP contribution in [-0.2, 0) is 28.5 Å². The molecule has 0 aromatic rings. The maximum Gasteiger partial charge on any atom is 0.339 e. The first-order chi connectivity index (χ1) is 13.4. The average Bonchev–Trinajstić information content (AvgIpc) is 2.68. The average molecular weight is 402 g/mol. The molecule has 10 heteroatoms. The maximum absolute atomic E-state index is 12.2. The van der Waals surface area contributed by atoms with E-state index in [4.69, 9.17) is 23.7 Å². The predicted octanol–water partition coefficient (Wildman–Crippen LogP) is -1.23. The Bertz CT molecular complexity index is 605. The van der Waals surface area contributed by atoms with Crippen LogP contribution < -0.4 is 0 Å². The number of carbonyl (C=O) groups is 1. The molecule has 2 fully saturated rings. The normalized spacial score (nSPS) is 43.4. The summed E-state index contributed by atoms with van der Waals surface area (Å²) in [6.45, 7) is 5.38. The van der Waals surface area contributed by atoms with E-state index in [0.717, 1.165) is 0 Å². The van der Waals surface area contributed by atoms with Gasteiger partial charge in [-0.05, 0) is 6.92 Å². The van der Waals surface area contributed by atoms with Crippen molar-refractivity contribution in [2.75, 3.05) is 13.2 Å². The number of cyclic esters (lactones) is 1. The maximum atomic E-state index is 12.2. The number of esters is 1. The van der Waals surface area contributed by atoms with Crippen LogP contribution in [0.5, 0.6) is 0 Å². The number of rotatable bonds is 6. The zero-order valence-electron chi connectivity index (χ0n) is 15.4. The Morgan fingerprint density at radius 1 is 1.25 bits per heavy atom. The molecule has 0 aromatic carbocycles. The summed E-state index contributed by atoms with van der Waals surface area (Å²) in [6, 6.07) is 0. The Labute approximate surface area is 161 Å². The number of hydrogen-bond donors (Lipinski definition) is 4. The molecule has 0 bridgehead atoms. The first-order valence-electron chi connectivity index (χ1n) is 9.17. The van der Waals surface area contributed by atoms with Crippen molar-refractivity contribution in [2.24, 2.45) is 11.8 Å². The lowest BCUT2D eigenvalue weighted by molar-refractivity contribution is -0.340. The third-order valence-electron chi connectivity index (χ3n) is 5.17. The molecule has 0 aromatic heterocycles. The minimum atomic E-state index is -1.57. The topological polar surface area (TPSA) is 144 Å². The van der Waals surface area contributed by atoms with Crippen molar-refractivity contribution in [3.8, 4) is 0 Å². The van der Waals surface area contributed by atoms with Crippen molar-refractivity contribution in [3.63, 3.8) is 0 Å². The molecule has 0 radical (unpaired) electrons. The molecule has 3 rings (SSSR count). The van der Waals surface area contributed by atoms with Gasteiger partial charge in [0.2, 0.25) is 12.6 Å². The van der Waals surface area contributed by atoms with E-state index in [9.17, 15) is 25.2 Å². The van der Waals surface area contributed by atoms with Crippen molar-refractivity contribution in [3.05, 3.63) is 24.5 Å². The molecule has 0 aliphatic carbocycles. The fourth-order valence-electron chi connectivity index (χ4n) is 3.64. The van der Waals surface area contributed by atoms with E-state index in [0.29, 0.717) is 18.6 Å². The van der Waals surface area contributed by atoms with Gasteiger partial charge >= 0.3 is 5.97 Å². The van der Waals surface area contributed by atoms with Crippen LogP contribution in [0.3, 0.4) is 0 Å². The molecule has 28 heavy (non-hydrogen) atoms. The Kier molecular flexibility index (Phi) is 6.71. The number of aliphatic hydroxyl groups is 4. The fourth-order valence-corrected chi connectivity index (χ4v) is 3.64. The van der Waals surface area contributed by atoms with Gasteiger partial charge in [-0.2, -0.15) is 0 Å². The highest BCUT2D eigenvalue weighted by molar-refractivity contribution is 5.89. The lowest BCUT2D eigenvalue weighted by atomic mass is 9.80. The Morgan fingerprint density at radius 3 is 2.64 bits per heavy atom. The van der Waals surface area contributed by atoms with Crippen molar-refractivity contribution < 1.29 is 48.9 Å². The van der Waals surface area contributed by atoms with Crippen LogP contribution in [0.1, 0.15) is 13.3 Å². The zero-order chi connectivity index (χ0) is 20.4. The van der Waals surface area contributed by atoms with Gasteiger partial charge in [-0.1, -0.05) is 6.08 Å². The molecule has 0 amide bonds. The van der Waals surface area contributed by atoms with Crippen LogP contribution >= 0.6 is 0 Å². The molecular formula is C18H26O10. The Balaban J connectivity index is 1.76. The predicted molar refractivity (Wildman–Crippen MR) is 91.1 cm³/mol. The van der Waals surface area contributed by atoms with Gasteiger partial charge in [0, 0.05) is 24.9 Å². The summed E-state index contributed by atoms with van der Waals surface area (Å²) < 4.78 is 27.2. The quantitative estimate of drug-likeness (QED) is 0.315. The summed E-state index contributed by atoms with van der Waals surface area (Å²) in [5, 5.41) is 39.2. The van der Waals surface area contributed by atoms with Gasteiger partial charge < -0.3 is 44.1 Å². The third kappa shape index (κ3) is 3.94. The molecular weight excluding hydrogens is 376 g/mol. The van der Waals surface area contributed by atoms with E-state index < -0.39 is 61.8 Å². The minimum absolute atomic E-state index is 0.328. The molecule has 4 N–H and O–H groups in total. The van der Waals surface area contributed by atoms with Gasteiger partial charge in [0.25, 0.3) is 0 Å². The molecule has 9 atom stereocenters. The van der Waals surface area contributed by atoms with Gasteiger partial charge in [0.1, 0.15) is 24.4 Å². The standard InChI is InChI=1S/C18H26O10/c1-3-8-9-5-12(24-4-2)27-16(23)10(9)7-25-17(8)28-18-15(22)14(21)13(20)11(6-19)26-18/h3,7-9,11-15,17-22H,1,4-6H2,2H3/t8-,9+,11-,12+,13-,14+,15-,17+,18+/m1/s1. The molecule has 3 heterocycles. The smallest absolute Gasteiger partial charge is 0.339 e. The third-order valence-corrected chi connectivity index (χ3v) is 5.17. The van der Waals surface area contributed by atoms with Crippen LogP contribution in [0.15, 0.2) is 24.5 Å². The second-order valence-electron chi connectivity index (χ2n) is 6.86. The summed E-state index contributed by atoms with van der Waals surface area (Å²) in [7, 11) is 0. The summed E-state index contributed by atoms with van der Waals surface area (Å²) in [4.78, 5) is 12.2. The van der Waals surface area contributed by atoms with Crippen LogP contribution in [-0.4, -0.2) is 82.9 Å². The van der Waals surface area contributed by atoms with Crippen LogP contribution in [0.4, 0.5) is 0 Å². The first-order valence-corrected chi connectivity index (χ1v) is 9.17.